The van der Waals surface area contributed by atoms with Crippen LogP contribution >= 0.6 is 0 Å². The molecule has 2 aliphatic heterocycles. The van der Waals surface area contributed by atoms with Gasteiger partial charge in [0.25, 0.3) is 0 Å². The number of hydrogen-bond donors (Lipinski definition) is 2. The van der Waals surface area contributed by atoms with Gasteiger partial charge in [-0.2, -0.15) is 0 Å². The second-order valence-corrected chi connectivity index (χ2v) is 5.68. The molecule has 0 amide bonds. The Morgan fingerprint density at radius 1 is 1.16 bits per heavy atom. The Morgan fingerprint density at radius 2 is 1.74 bits per heavy atom. The Hall–Kier alpha value is -1.39. The number of aromatic carboxylic acids is 1. The molecule has 2 saturated heterocycles. The number of piperidine rings is 1. The van der Waals surface area contributed by atoms with Gasteiger partial charge >= 0.3 is 5.97 Å². The molecule has 102 valence electrons. The number of aliphatic hydroxyl groups is 1. The predicted molar refractivity (Wildman–Crippen MR) is 71.0 cm³/mol. The van der Waals surface area contributed by atoms with Gasteiger partial charge in [0.2, 0.25) is 0 Å². The van der Waals surface area contributed by atoms with Crippen LogP contribution in [-0.4, -0.2) is 39.3 Å². The summed E-state index contributed by atoms with van der Waals surface area (Å²) in [5.74, 6) is -0.882. The Morgan fingerprint density at radius 3 is 2.26 bits per heavy atom. The molecule has 1 aromatic rings. The second kappa shape index (κ2) is 4.94. The standard InChI is InChI=1S/C15H19NO3/c17-14-7-12-5-6-13(8-14)16(12)9-10-1-3-11(4-2-10)15(18)19/h1-4,12-14,17H,5-9H2,(H,18,19)/t12-,13+,14?. The number of carbonyl (C=O) groups is 1. The first-order chi connectivity index (χ1) is 9.13. The van der Waals surface area contributed by atoms with Crippen LogP contribution < -0.4 is 0 Å². The Bertz CT molecular complexity index is 457. The minimum Gasteiger partial charge on any atom is -0.478 e. The number of rotatable bonds is 3. The first kappa shape index (κ1) is 12.6. The summed E-state index contributed by atoms with van der Waals surface area (Å²) in [6, 6.07) is 8.11. The topological polar surface area (TPSA) is 60.8 Å². The van der Waals surface area contributed by atoms with Crippen molar-refractivity contribution in [2.45, 2.75) is 50.4 Å². The van der Waals surface area contributed by atoms with Crippen LogP contribution in [0.3, 0.4) is 0 Å². The summed E-state index contributed by atoms with van der Waals surface area (Å²) in [4.78, 5) is 13.3. The number of hydrogen-bond acceptors (Lipinski definition) is 3. The van der Waals surface area contributed by atoms with Gasteiger partial charge in [0, 0.05) is 18.6 Å². The lowest BCUT2D eigenvalue weighted by atomic mass is 9.99. The van der Waals surface area contributed by atoms with Gasteiger partial charge in [-0.3, -0.25) is 4.90 Å². The number of benzene rings is 1. The molecule has 2 fully saturated rings. The van der Waals surface area contributed by atoms with Gasteiger partial charge in [-0.05, 0) is 43.4 Å². The quantitative estimate of drug-likeness (QED) is 0.872. The summed E-state index contributed by atoms with van der Waals surface area (Å²) in [7, 11) is 0. The zero-order valence-electron chi connectivity index (χ0n) is 10.8. The number of carboxylic acid groups (broad SMARTS) is 1. The van der Waals surface area contributed by atoms with Gasteiger partial charge in [0.05, 0.1) is 11.7 Å². The van der Waals surface area contributed by atoms with Crippen molar-refractivity contribution in [3.8, 4) is 0 Å². The Kier molecular flexibility index (Phi) is 3.29. The van der Waals surface area contributed by atoms with Crippen molar-refractivity contribution in [3.05, 3.63) is 35.4 Å². The average molecular weight is 261 g/mol. The van der Waals surface area contributed by atoms with Gasteiger partial charge in [0.15, 0.2) is 0 Å². The summed E-state index contributed by atoms with van der Waals surface area (Å²) >= 11 is 0. The van der Waals surface area contributed by atoms with E-state index in [9.17, 15) is 9.90 Å². The minimum absolute atomic E-state index is 0.136. The van der Waals surface area contributed by atoms with Crippen molar-refractivity contribution in [1.29, 1.82) is 0 Å². The summed E-state index contributed by atoms with van der Waals surface area (Å²) < 4.78 is 0. The van der Waals surface area contributed by atoms with Crippen LogP contribution in [0.25, 0.3) is 0 Å². The highest BCUT2D eigenvalue weighted by atomic mass is 16.4. The third kappa shape index (κ3) is 2.51. The molecule has 4 nitrogen and oxygen atoms in total. The largest absolute Gasteiger partial charge is 0.478 e. The van der Waals surface area contributed by atoms with Crippen molar-refractivity contribution in [1.82, 2.24) is 4.90 Å². The van der Waals surface area contributed by atoms with E-state index in [2.05, 4.69) is 4.90 Å². The molecule has 1 unspecified atom stereocenters. The molecule has 19 heavy (non-hydrogen) atoms. The molecular weight excluding hydrogens is 242 g/mol. The van der Waals surface area contributed by atoms with Crippen LogP contribution in [0, 0.1) is 0 Å². The van der Waals surface area contributed by atoms with Crippen LogP contribution in [0.15, 0.2) is 24.3 Å². The van der Waals surface area contributed by atoms with Crippen molar-refractivity contribution >= 4 is 5.97 Å². The van der Waals surface area contributed by atoms with E-state index in [-0.39, 0.29) is 6.10 Å². The molecule has 0 aromatic heterocycles. The van der Waals surface area contributed by atoms with Gasteiger partial charge in [0.1, 0.15) is 0 Å². The average Bonchev–Trinajstić information content (AvgIpc) is 2.62. The van der Waals surface area contributed by atoms with Crippen LogP contribution in [0.1, 0.15) is 41.6 Å². The van der Waals surface area contributed by atoms with Crippen molar-refractivity contribution in [2.24, 2.45) is 0 Å². The Balaban J connectivity index is 1.70. The monoisotopic (exact) mass is 261 g/mol. The highest BCUT2D eigenvalue weighted by Gasteiger charge is 2.39. The fourth-order valence-corrected chi connectivity index (χ4v) is 3.47. The minimum atomic E-state index is -0.882. The fraction of sp³-hybridized carbons (Fsp3) is 0.533. The van der Waals surface area contributed by atoms with E-state index in [0.29, 0.717) is 17.6 Å². The molecule has 3 rings (SSSR count). The van der Waals surface area contributed by atoms with Gasteiger partial charge in [-0.15, -0.1) is 0 Å². The molecule has 4 heteroatoms. The maximum absolute atomic E-state index is 10.8. The smallest absolute Gasteiger partial charge is 0.335 e. The van der Waals surface area contributed by atoms with E-state index in [0.717, 1.165) is 24.9 Å². The van der Waals surface area contributed by atoms with Crippen molar-refractivity contribution in [3.63, 3.8) is 0 Å². The van der Waals surface area contributed by atoms with E-state index in [1.54, 1.807) is 12.1 Å². The van der Waals surface area contributed by atoms with Gasteiger partial charge in [-0.25, -0.2) is 4.79 Å². The van der Waals surface area contributed by atoms with Crippen molar-refractivity contribution < 1.29 is 15.0 Å². The van der Waals surface area contributed by atoms with E-state index >= 15 is 0 Å². The van der Waals surface area contributed by atoms with Gasteiger partial charge < -0.3 is 10.2 Å². The molecule has 0 spiro atoms. The summed E-state index contributed by atoms with van der Waals surface area (Å²) in [5, 5.41) is 18.7. The molecule has 0 aliphatic carbocycles. The molecule has 0 radical (unpaired) electrons. The third-order valence-corrected chi connectivity index (χ3v) is 4.43. The van der Waals surface area contributed by atoms with Crippen LogP contribution in [-0.2, 0) is 6.54 Å². The predicted octanol–water partition coefficient (Wildman–Crippen LogP) is 1.87. The zero-order chi connectivity index (χ0) is 13.4. The number of aliphatic hydroxyl groups excluding tert-OH is 1. The molecule has 2 heterocycles. The first-order valence-electron chi connectivity index (χ1n) is 6.89. The lowest BCUT2D eigenvalue weighted by Crippen LogP contribution is -2.44. The molecule has 2 bridgehead atoms. The lowest BCUT2D eigenvalue weighted by Gasteiger charge is -2.37. The lowest BCUT2D eigenvalue weighted by molar-refractivity contribution is 0.0310. The summed E-state index contributed by atoms with van der Waals surface area (Å²) in [6.45, 7) is 0.863. The Labute approximate surface area is 112 Å². The maximum atomic E-state index is 10.8. The first-order valence-corrected chi connectivity index (χ1v) is 6.89. The van der Waals surface area contributed by atoms with E-state index in [1.165, 1.54) is 12.8 Å². The highest BCUT2D eigenvalue weighted by Crippen LogP contribution is 2.36. The molecule has 1 aromatic carbocycles. The van der Waals surface area contributed by atoms with E-state index in [4.69, 9.17) is 5.11 Å². The second-order valence-electron chi connectivity index (χ2n) is 5.68. The van der Waals surface area contributed by atoms with Crippen LogP contribution in [0.4, 0.5) is 0 Å². The zero-order valence-corrected chi connectivity index (χ0v) is 10.8. The number of nitrogens with zero attached hydrogens (tertiary/aromatic N) is 1. The van der Waals surface area contributed by atoms with E-state index in [1.807, 2.05) is 12.1 Å². The molecule has 0 saturated carbocycles. The molecular formula is C15H19NO3. The third-order valence-electron chi connectivity index (χ3n) is 4.43. The maximum Gasteiger partial charge on any atom is 0.335 e. The molecule has 2 N–H and O–H groups in total. The SMILES string of the molecule is O=C(O)c1ccc(CN2[C@@H]3CC[C@H]2CC(O)C3)cc1. The van der Waals surface area contributed by atoms with Crippen LogP contribution in [0.5, 0.6) is 0 Å². The molecule has 3 atom stereocenters. The summed E-state index contributed by atoms with van der Waals surface area (Å²) in [5.41, 5.74) is 1.49. The highest BCUT2D eigenvalue weighted by molar-refractivity contribution is 5.87. The molecule has 2 aliphatic rings. The number of fused-ring (bicyclic) bond motifs is 2. The fourth-order valence-electron chi connectivity index (χ4n) is 3.47. The number of carboxylic acids is 1. The summed E-state index contributed by atoms with van der Waals surface area (Å²) in [6.07, 6.45) is 3.97. The van der Waals surface area contributed by atoms with Crippen LogP contribution in [0.2, 0.25) is 0 Å². The van der Waals surface area contributed by atoms with Gasteiger partial charge in [-0.1, -0.05) is 12.1 Å². The van der Waals surface area contributed by atoms with Crippen molar-refractivity contribution in [2.75, 3.05) is 0 Å². The van der Waals surface area contributed by atoms with E-state index < -0.39 is 5.97 Å². The normalized spacial score (nSPS) is 30.5.